The van der Waals surface area contributed by atoms with E-state index in [9.17, 15) is 9.59 Å². The van der Waals surface area contributed by atoms with Gasteiger partial charge in [-0.3, -0.25) is 4.79 Å². The predicted octanol–water partition coefficient (Wildman–Crippen LogP) is 0.633. The van der Waals surface area contributed by atoms with Crippen LogP contribution >= 0.6 is 15.9 Å². The molecule has 0 radical (unpaired) electrons. The number of methoxy groups -OCH3 is 1. The number of rotatable bonds is 5. The van der Waals surface area contributed by atoms with E-state index in [1.807, 2.05) is 0 Å². The molecule has 1 rings (SSSR count). The molecule has 0 aliphatic heterocycles. The van der Waals surface area contributed by atoms with Gasteiger partial charge >= 0.3 is 5.97 Å². The molecule has 1 unspecified atom stereocenters. The number of halogens is 1. The Morgan fingerprint density at radius 1 is 1.50 bits per heavy atom. The van der Waals surface area contributed by atoms with E-state index >= 15 is 0 Å². The van der Waals surface area contributed by atoms with E-state index in [2.05, 4.69) is 21.2 Å². The van der Waals surface area contributed by atoms with Gasteiger partial charge in [0.15, 0.2) is 6.04 Å². The van der Waals surface area contributed by atoms with Crippen LogP contribution in [0.1, 0.15) is 10.4 Å². The average molecular weight is 318 g/mol. The number of aliphatic hydroxyl groups excluding tert-OH is 1. The van der Waals surface area contributed by atoms with Crippen molar-refractivity contribution in [3.63, 3.8) is 0 Å². The smallest absolute Gasteiger partial charge is 0.328 e. The number of hydrogen-bond acceptors (Lipinski definition) is 4. The molecule has 0 heterocycles. The van der Waals surface area contributed by atoms with E-state index in [0.29, 0.717) is 10.2 Å². The van der Waals surface area contributed by atoms with Crippen LogP contribution in [-0.2, 0) is 4.79 Å². The van der Waals surface area contributed by atoms with Crippen LogP contribution in [0.5, 0.6) is 5.75 Å². The summed E-state index contributed by atoms with van der Waals surface area (Å²) in [6, 6.07) is 3.43. The molecular formula is C11H12BrNO5. The van der Waals surface area contributed by atoms with E-state index in [-0.39, 0.29) is 5.56 Å². The summed E-state index contributed by atoms with van der Waals surface area (Å²) in [5.74, 6) is -1.62. The van der Waals surface area contributed by atoms with Gasteiger partial charge in [-0.15, -0.1) is 0 Å². The molecule has 0 bridgehead atoms. The van der Waals surface area contributed by atoms with Crippen LogP contribution in [0, 0.1) is 0 Å². The van der Waals surface area contributed by atoms with Gasteiger partial charge < -0.3 is 20.3 Å². The zero-order chi connectivity index (χ0) is 13.7. The van der Waals surface area contributed by atoms with E-state index in [4.69, 9.17) is 14.9 Å². The highest BCUT2D eigenvalue weighted by molar-refractivity contribution is 9.10. The minimum absolute atomic E-state index is 0.187. The molecule has 0 saturated heterocycles. The van der Waals surface area contributed by atoms with Crippen molar-refractivity contribution in [3.8, 4) is 5.75 Å². The van der Waals surface area contributed by atoms with Crippen LogP contribution in [0.3, 0.4) is 0 Å². The molecule has 98 valence electrons. The molecule has 0 aliphatic rings. The van der Waals surface area contributed by atoms with Gasteiger partial charge in [0.2, 0.25) is 0 Å². The number of amides is 1. The number of carbonyl (C=O) groups excluding carboxylic acids is 1. The lowest BCUT2D eigenvalue weighted by Crippen LogP contribution is -2.43. The topological polar surface area (TPSA) is 95.9 Å². The molecule has 0 fully saturated rings. The summed E-state index contributed by atoms with van der Waals surface area (Å²) in [6.07, 6.45) is 0. The highest BCUT2D eigenvalue weighted by atomic mass is 79.9. The maximum atomic E-state index is 11.9. The molecule has 6 nitrogen and oxygen atoms in total. The number of aliphatic carboxylic acids is 1. The first kappa shape index (κ1) is 14.5. The fourth-order valence-electron chi connectivity index (χ4n) is 1.28. The lowest BCUT2D eigenvalue weighted by atomic mass is 10.1. The van der Waals surface area contributed by atoms with Crippen LogP contribution in [-0.4, -0.2) is 41.8 Å². The molecule has 0 aliphatic carbocycles. The average Bonchev–Trinajstić information content (AvgIpc) is 2.35. The van der Waals surface area contributed by atoms with Crippen molar-refractivity contribution in [2.75, 3.05) is 13.7 Å². The van der Waals surface area contributed by atoms with Crippen molar-refractivity contribution >= 4 is 27.8 Å². The maximum Gasteiger partial charge on any atom is 0.328 e. The third-order valence-corrected chi connectivity index (χ3v) is 2.69. The zero-order valence-corrected chi connectivity index (χ0v) is 11.1. The molecule has 0 saturated carbocycles. The third kappa shape index (κ3) is 3.44. The Labute approximate surface area is 112 Å². The Morgan fingerprint density at radius 2 is 2.17 bits per heavy atom. The Kier molecular flexibility index (Phi) is 5.11. The normalized spacial score (nSPS) is 11.7. The Hall–Kier alpha value is -1.60. The SMILES string of the molecule is COc1ccc(Br)cc1C(=O)NC(CO)C(=O)O. The number of ether oxygens (including phenoxy) is 1. The molecule has 1 aromatic rings. The molecule has 18 heavy (non-hydrogen) atoms. The number of carbonyl (C=O) groups is 2. The Balaban J connectivity index is 2.96. The van der Waals surface area contributed by atoms with Crippen molar-refractivity contribution in [2.24, 2.45) is 0 Å². The van der Waals surface area contributed by atoms with E-state index in [1.165, 1.54) is 13.2 Å². The van der Waals surface area contributed by atoms with Crippen molar-refractivity contribution in [2.45, 2.75) is 6.04 Å². The standard InChI is InChI=1S/C11H12BrNO5/c1-18-9-3-2-6(12)4-7(9)10(15)13-8(5-14)11(16)17/h2-4,8,14H,5H2,1H3,(H,13,15)(H,16,17). The molecule has 1 atom stereocenters. The van der Waals surface area contributed by atoms with Gasteiger partial charge in [-0.05, 0) is 18.2 Å². The van der Waals surface area contributed by atoms with Crippen LogP contribution in [0.15, 0.2) is 22.7 Å². The molecule has 3 N–H and O–H groups in total. The van der Waals surface area contributed by atoms with Gasteiger partial charge in [0.05, 0.1) is 19.3 Å². The second-order valence-electron chi connectivity index (χ2n) is 3.39. The fourth-order valence-corrected chi connectivity index (χ4v) is 1.64. The van der Waals surface area contributed by atoms with E-state index in [0.717, 1.165) is 0 Å². The minimum Gasteiger partial charge on any atom is -0.496 e. The summed E-state index contributed by atoms with van der Waals surface area (Å²) < 4.78 is 5.66. The monoisotopic (exact) mass is 317 g/mol. The summed E-state index contributed by atoms with van der Waals surface area (Å²) in [5.41, 5.74) is 0.187. The highest BCUT2D eigenvalue weighted by Crippen LogP contribution is 2.22. The van der Waals surface area contributed by atoms with Gasteiger partial charge in [0, 0.05) is 4.47 Å². The highest BCUT2D eigenvalue weighted by Gasteiger charge is 2.21. The quantitative estimate of drug-likeness (QED) is 0.740. The van der Waals surface area contributed by atoms with Crippen LogP contribution < -0.4 is 10.1 Å². The maximum absolute atomic E-state index is 11.9. The number of nitrogens with one attached hydrogen (secondary N) is 1. The molecule has 0 spiro atoms. The van der Waals surface area contributed by atoms with Crippen LogP contribution in [0.25, 0.3) is 0 Å². The first-order chi connectivity index (χ1) is 8.49. The van der Waals surface area contributed by atoms with Gasteiger partial charge in [-0.25, -0.2) is 4.79 Å². The number of hydrogen-bond donors (Lipinski definition) is 3. The minimum atomic E-state index is -1.35. The van der Waals surface area contributed by atoms with Crippen molar-refractivity contribution in [1.82, 2.24) is 5.32 Å². The number of carboxylic acid groups (broad SMARTS) is 1. The van der Waals surface area contributed by atoms with Crippen molar-refractivity contribution < 1.29 is 24.5 Å². The van der Waals surface area contributed by atoms with Gasteiger partial charge in [0.25, 0.3) is 5.91 Å². The Bertz CT molecular complexity index is 463. The first-order valence-corrected chi connectivity index (χ1v) is 5.77. The van der Waals surface area contributed by atoms with Gasteiger partial charge in [-0.2, -0.15) is 0 Å². The molecular weight excluding hydrogens is 306 g/mol. The molecule has 0 aromatic heterocycles. The number of benzene rings is 1. The number of carboxylic acids is 1. The fraction of sp³-hybridized carbons (Fsp3) is 0.273. The van der Waals surface area contributed by atoms with E-state index < -0.39 is 24.5 Å². The zero-order valence-electron chi connectivity index (χ0n) is 9.51. The predicted molar refractivity (Wildman–Crippen MR) is 66.7 cm³/mol. The summed E-state index contributed by atoms with van der Waals surface area (Å²) in [5, 5.41) is 19.8. The molecule has 1 amide bonds. The largest absolute Gasteiger partial charge is 0.496 e. The van der Waals surface area contributed by atoms with Crippen LogP contribution in [0.4, 0.5) is 0 Å². The lowest BCUT2D eigenvalue weighted by molar-refractivity contribution is -0.140. The summed E-state index contributed by atoms with van der Waals surface area (Å²) in [4.78, 5) is 22.6. The van der Waals surface area contributed by atoms with Gasteiger partial charge in [0.1, 0.15) is 5.75 Å². The van der Waals surface area contributed by atoms with E-state index in [1.54, 1.807) is 12.1 Å². The summed E-state index contributed by atoms with van der Waals surface area (Å²) >= 11 is 3.20. The van der Waals surface area contributed by atoms with Crippen molar-refractivity contribution in [3.05, 3.63) is 28.2 Å². The summed E-state index contributed by atoms with van der Waals surface area (Å²) in [7, 11) is 1.40. The van der Waals surface area contributed by atoms with Crippen molar-refractivity contribution in [1.29, 1.82) is 0 Å². The molecule has 7 heteroatoms. The van der Waals surface area contributed by atoms with Crippen LogP contribution in [0.2, 0.25) is 0 Å². The second-order valence-corrected chi connectivity index (χ2v) is 4.31. The molecule has 1 aromatic carbocycles. The third-order valence-electron chi connectivity index (χ3n) is 2.19. The van der Waals surface area contributed by atoms with Gasteiger partial charge in [-0.1, -0.05) is 15.9 Å². The number of aliphatic hydroxyl groups is 1. The Morgan fingerprint density at radius 3 is 2.67 bits per heavy atom. The lowest BCUT2D eigenvalue weighted by Gasteiger charge is -2.13. The summed E-state index contributed by atoms with van der Waals surface area (Å²) in [6.45, 7) is -0.683. The second kappa shape index (κ2) is 6.36. The first-order valence-electron chi connectivity index (χ1n) is 4.97.